The predicted molar refractivity (Wildman–Crippen MR) is 151 cm³/mol. The van der Waals surface area contributed by atoms with Crippen LogP contribution in [0.15, 0.2) is 35.6 Å². The van der Waals surface area contributed by atoms with Crippen LogP contribution in [-0.2, 0) is 28.0 Å². The summed E-state index contributed by atoms with van der Waals surface area (Å²) >= 11 is 0. The van der Waals surface area contributed by atoms with Crippen LogP contribution in [0.3, 0.4) is 0 Å². The Labute approximate surface area is 241 Å². The molecule has 12 heteroatoms. The molecule has 6 nitrogen and oxygen atoms in total. The van der Waals surface area contributed by atoms with E-state index >= 15 is 8.78 Å². The van der Waals surface area contributed by atoms with E-state index in [1.165, 1.54) is 23.0 Å². The number of rotatable bonds is 10. The number of aliphatic imine (C=N–C) groups is 1. The molecule has 3 heterocycles. The maximum atomic E-state index is 15.3. The summed E-state index contributed by atoms with van der Waals surface area (Å²) in [6.07, 6.45) is 0.316. The maximum Gasteiger partial charge on any atom is 0.398 e. The van der Waals surface area contributed by atoms with Crippen molar-refractivity contribution in [2.75, 3.05) is 19.8 Å². The van der Waals surface area contributed by atoms with Gasteiger partial charge in [0.1, 0.15) is 18.1 Å². The van der Waals surface area contributed by atoms with Gasteiger partial charge < -0.3 is 18.8 Å². The van der Waals surface area contributed by atoms with Crippen LogP contribution in [0.4, 0.5) is 22.0 Å². The van der Waals surface area contributed by atoms with E-state index in [0.717, 1.165) is 31.0 Å². The van der Waals surface area contributed by atoms with E-state index in [-0.39, 0.29) is 53.8 Å². The minimum atomic E-state index is -4.51. The molecule has 0 atom stereocenters. The van der Waals surface area contributed by atoms with Gasteiger partial charge in [0, 0.05) is 38.9 Å². The summed E-state index contributed by atoms with van der Waals surface area (Å²) in [7, 11) is -1.38. The second-order valence-corrected chi connectivity index (χ2v) is 18.7. The van der Waals surface area contributed by atoms with Gasteiger partial charge in [-0.2, -0.15) is 13.2 Å². The fourth-order valence-corrected chi connectivity index (χ4v) is 6.13. The first-order valence-electron chi connectivity index (χ1n) is 14.2. The Hall–Kier alpha value is -2.99. The van der Waals surface area contributed by atoms with E-state index < -0.39 is 37.0 Å². The molecule has 0 N–H and O–H groups in total. The lowest BCUT2D eigenvalue weighted by Gasteiger charge is -2.21. The van der Waals surface area contributed by atoms with E-state index in [4.69, 9.17) is 14.2 Å². The zero-order valence-electron chi connectivity index (χ0n) is 23.9. The molecule has 1 aliphatic heterocycles. The Bertz CT molecular complexity index is 1510. The van der Waals surface area contributed by atoms with E-state index in [2.05, 4.69) is 29.6 Å². The number of aromatic nitrogens is 2. The lowest BCUT2D eigenvalue weighted by Crippen LogP contribution is -2.28. The minimum absolute atomic E-state index is 0.00410. The summed E-state index contributed by atoms with van der Waals surface area (Å²) in [4.78, 5) is 8.75. The summed E-state index contributed by atoms with van der Waals surface area (Å²) in [6.45, 7) is 8.28. The molecule has 1 spiro atoms. The van der Waals surface area contributed by atoms with Crippen molar-refractivity contribution >= 4 is 25.0 Å². The molecule has 6 rings (SSSR count). The third kappa shape index (κ3) is 5.67. The lowest BCUT2D eigenvalue weighted by atomic mass is 9.95. The van der Waals surface area contributed by atoms with Gasteiger partial charge in [-0.15, -0.1) is 0 Å². The Morgan fingerprint density at radius 1 is 1.07 bits per heavy atom. The number of alkyl halides is 3. The van der Waals surface area contributed by atoms with Crippen molar-refractivity contribution < 1.29 is 36.2 Å². The van der Waals surface area contributed by atoms with Crippen molar-refractivity contribution in [3.63, 3.8) is 0 Å². The zero-order valence-corrected chi connectivity index (χ0v) is 24.9. The van der Waals surface area contributed by atoms with Crippen LogP contribution in [0.2, 0.25) is 25.7 Å². The Morgan fingerprint density at radius 2 is 1.79 bits per heavy atom. The zero-order chi connectivity index (χ0) is 29.9. The van der Waals surface area contributed by atoms with Gasteiger partial charge in [-0.25, -0.2) is 13.8 Å². The van der Waals surface area contributed by atoms with Gasteiger partial charge in [0.15, 0.2) is 23.3 Å². The molecule has 2 aliphatic carbocycles. The molecule has 2 saturated carbocycles. The van der Waals surface area contributed by atoms with Crippen LogP contribution in [0, 0.1) is 17.0 Å². The smallest absolute Gasteiger partial charge is 0.398 e. The SMILES string of the molecule is C[Si](C)(C)CCOCn1cc(C2(C(F)(F)F)CC2)c2c(Oc3c(F)cc(CC4=NCC5(CC5)CO4)cc3F)ccnc21. The fraction of sp³-hybridized carbons (Fsp3) is 0.533. The summed E-state index contributed by atoms with van der Waals surface area (Å²) in [5, 5.41) is 0.0722. The standard InChI is InChI=1S/C30H34F5N3O3Si/c1-42(2,3)11-10-39-18-38-15-20(29(7-8-29)30(33,34)35)25-23(4-9-36-27(25)38)41-26-21(31)12-19(13-22(26)32)14-24-37-16-28(5-6-28)17-40-24/h4,9,12-13,15H,5-8,10-11,14,16-18H2,1-3H3. The summed E-state index contributed by atoms with van der Waals surface area (Å²) in [5.41, 5.74) is -1.45. The maximum absolute atomic E-state index is 15.3. The van der Waals surface area contributed by atoms with Crippen LogP contribution in [0.25, 0.3) is 11.0 Å². The number of ether oxygens (including phenoxy) is 3. The van der Waals surface area contributed by atoms with E-state index in [1.807, 2.05) is 0 Å². The van der Waals surface area contributed by atoms with Crippen LogP contribution in [0.1, 0.15) is 36.8 Å². The van der Waals surface area contributed by atoms with Crippen molar-refractivity contribution in [3.05, 3.63) is 53.4 Å². The molecule has 0 bridgehead atoms. The molecule has 0 amide bonds. The van der Waals surface area contributed by atoms with Crippen LogP contribution in [0.5, 0.6) is 11.5 Å². The van der Waals surface area contributed by atoms with Gasteiger partial charge in [0.05, 0.1) is 24.0 Å². The Kier molecular flexibility index (Phi) is 7.15. The number of nitrogens with zero attached hydrogens (tertiary/aromatic N) is 3. The van der Waals surface area contributed by atoms with Gasteiger partial charge in [0.25, 0.3) is 0 Å². The van der Waals surface area contributed by atoms with Crippen molar-refractivity contribution in [2.45, 2.75) is 76.1 Å². The molecule has 42 heavy (non-hydrogen) atoms. The number of hydrogen-bond donors (Lipinski definition) is 0. The molecule has 0 unspecified atom stereocenters. The number of hydrogen-bond acceptors (Lipinski definition) is 5. The molecular weight excluding hydrogens is 573 g/mol. The minimum Gasteiger partial charge on any atom is -0.480 e. The highest BCUT2D eigenvalue weighted by Gasteiger charge is 2.65. The Morgan fingerprint density at radius 3 is 2.36 bits per heavy atom. The quantitative estimate of drug-likeness (QED) is 0.134. The number of benzene rings is 1. The summed E-state index contributed by atoms with van der Waals surface area (Å²) in [6, 6.07) is 4.50. The first-order valence-corrected chi connectivity index (χ1v) is 17.9. The average Bonchev–Trinajstić information content (AvgIpc) is 3.83. The largest absolute Gasteiger partial charge is 0.480 e. The highest BCUT2D eigenvalue weighted by Crippen LogP contribution is 2.61. The van der Waals surface area contributed by atoms with Crippen LogP contribution in [-0.4, -0.2) is 49.5 Å². The predicted octanol–water partition coefficient (Wildman–Crippen LogP) is 7.76. The third-order valence-electron chi connectivity index (χ3n) is 8.47. The van der Waals surface area contributed by atoms with E-state index in [9.17, 15) is 13.2 Å². The van der Waals surface area contributed by atoms with E-state index in [0.29, 0.717) is 31.2 Å². The van der Waals surface area contributed by atoms with Crippen LogP contribution < -0.4 is 4.74 Å². The highest BCUT2D eigenvalue weighted by atomic mass is 28.3. The Balaban J connectivity index is 1.30. The average molecular weight is 608 g/mol. The summed E-state index contributed by atoms with van der Waals surface area (Å²) < 4.78 is 92.2. The fourth-order valence-electron chi connectivity index (χ4n) is 5.37. The summed E-state index contributed by atoms with van der Waals surface area (Å²) in [5.74, 6) is -2.32. The topological polar surface area (TPSA) is 57.9 Å². The monoisotopic (exact) mass is 607 g/mol. The molecule has 3 aromatic rings. The van der Waals surface area contributed by atoms with Gasteiger partial charge in [-0.05, 0) is 61.1 Å². The van der Waals surface area contributed by atoms with Gasteiger partial charge in [-0.1, -0.05) is 19.6 Å². The second-order valence-electron chi connectivity index (χ2n) is 13.1. The normalized spacial score (nSPS) is 19.1. The molecular formula is C30H34F5N3O3Si. The van der Waals surface area contributed by atoms with Gasteiger partial charge in [-0.3, -0.25) is 4.99 Å². The molecule has 226 valence electrons. The first-order chi connectivity index (χ1) is 19.8. The number of pyridine rings is 1. The highest BCUT2D eigenvalue weighted by molar-refractivity contribution is 6.76. The van der Waals surface area contributed by atoms with Gasteiger partial charge in [0.2, 0.25) is 0 Å². The van der Waals surface area contributed by atoms with Crippen molar-refractivity contribution in [2.24, 2.45) is 10.4 Å². The molecule has 2 aromatic heterocycles. The van der Waals surface area contributed by atoms with Crippen molar-refractivity contribution in [1.29, 1.82) is 0 Å². The molecule has 1 aromatic carbocycles. The molecule has 0 saturated heterocycles. The first kappa shape index (κ1) is 29.1. The van der Waals surface area contributed by atoms with Gasteiger partial charge >= 0.3 is 6.18 Å². The lowest BCUT2D eigenvalue weighted by molar-refractivity contribution is -0.160. The van der Waals surface area contributed by atoms with Crippen molar-refractivity contribution in [1.82, 2.24) is 9.55 Å². The van der Waals surface area contributed by atoms with Crippen LogP contribution >= 0.6 is 0 Å². The molecule has 3 aliphatic rings. The third-order valence-corrected chi connectivity index (χ3v) is 10.2. The number of halogens is 5. The van der Waals surface area contributed by atoms with E-state index in [1.54, 1.807) is 0 Å². The second kappa shape index (κ2) is 10.3. The molecule has 0 radical (unpaired) electrons. The molecule has 2 fully saturated rings. The van der Waals surface area contributed by atoms with Crippen molar-refractivity contribution in [3.8, 4) is 11.5 Å². The number of fused-ring (bicyclic) bond motifs is 1.